The van der Waals surface area contributed by atoms with Gasteiger partial charge in [0.15, 0.2) is 0 Å². The number of nitrogens with zero attached hydrogens (tertiary/aromatic N) is 5. The molecule has 1 unspecified atom stereocenters. The normalized spacial score (nSPS) is 18.2. The third-order valence-electron chi connectivity index (χ3n) is 4.07. The van der Waals surface area contributed by atoms with Crippen LogP contribution in [-0.4, -0.2) is 52.5 Å². The first-order valence-electron chi connectivity index (χ1n) is 8.67. The predicted octanol–water partition coefficient (Wildman–Crippen LogP) is 2.95. The van der Waals surface area contributed by atoms with E-state index in [-0.39, 0.29) is 11.5 Å². The van der Waals surface area contributed by atoms with E-state index in [1.165, 1.54) is 11.5 Å². The third-order valence-corrected chi connectivity index (χ3v) is 4.85. The van der Waals surface area contributed by atoms with Crippen molar-refractivity contribution in [1.82, 2.24) is 19.2 Å². The lowest BCUT2D eigenvalue weighted by atomic mass is 9.96. The number of ether oxygens (including phenoxy) is 1. The van der Waals surface area contributed by atoms with Crippen molar-refractivity contribution < 1.29 is 4.74 Å². The Hall–Kier alpha value is -1.73. The zero-order valence-electron chi connectivity index (χ0n) is 15.7. The fraction of sp³-hybridized carbons (Fsp3) is 0.611. The molecule has 3 heterocycles. The lowest BCUT2D eigenvalue weighted by Crippen LogP contribution is -2.24. The van der Waals surface area contributed by atoms with Gasteiger partial charge in [-0.3, -0.25) is 4.98 Å². The monoisotopic (exact) mass is 361 g/mol. The van der Waals surface area contributed by atoms with E-state index in [0.29, 0.717) is 0 Å². The fourth-order valence-electron chi connectivity index (χ4n) is 2.78. The summed E-state index contributed by atoms with van der Waals surface area (Å²) in [6, 6.07) is 3.97. The van der Waals surface area contributed by atoms with E-state index in [4.69, 9.17) is 9.72 Å². The van der Waals surface area contributed by atoms with Gasteiger partial charge in [0.25, 0.3) is 0 Å². The molecular weight excluding hydrogens is 334 g/mol. The molecule has 6 nitrogen and oxygen atoms in total. The maximum atomic E-state index is 6.18. The highest BCUT2D eigenvalue weighted by atomic mass is 32.1. The van der Waals surface area contributed by atoms with Gasteiger partial charge in [-0.05, 0) is 20.2 Å². The van der Waals surface area contributed by atoms with Crippen LogP contribution in [0.5, 0.6) is 5.75 Å². The van der Waals surface area contributed by atoms with Crippen molar-refractivity contribution in [2.45, 2.75) is 45.3 Å². The molecule has 0 radical (unpaired) electrons. The van der Waals surface area contributed by atoms with Crippen LogP contribution in [0.25, 0.3) is 0 Å². The summed E-state index contributed by atoms with van der Waals surface area (Å²) >= 11 is 1.49. The topological polar surface area (TPSA) is 54.4 Å². The molecule has 7 heteroatoms. The molecule has 0 bridgehead atoms. The Kier molecular flexibility index (Phi) is 5.24. The lowest BCUT2D eigenvalue weighted by Gasteiger charge is -2.17. The van der Waals surface area contributed by atoms with Crippen molar-refractivity contribution in [3.63, 3.8) is 0 Å². The Bertz CT molecular complexity index is 709. The molecule has 136 valence electrons. The largest absolute Gasteiger partial charge is 0.488 e. The van der Waals surface area contributed by atoms with E-state index < -0.39 is 0 Å². The molecule has 0 aromatic carbocycles. The molecule has 1 aliphatic rings. The van der Waals surface area contributed by atoms with E-state index in [2.05, 4.69) is 39.9 Å². The van der Waals surface area contributed by atoms with Crippen LogP contribution in [0.4, 0.5) is 5.13 Å². The van der Waals surface area contributed by atoms with Gasteiger partial charge in [-0.1, -0.05) is 20.8 Å². The van der Waals surface area contributed by atoms with Crippen LogP contribution < -0.4 is 9.64 Å². The van der Waals surface area contributed by atoms with Gasteiger partial charge in [0.05, 0.1) is 12.2 Å². The Morgan fingerprint density at radius 2 is 2.16 bits per heavy atom. The number of hydrogen-bond acceptors (Lipinski definition) is 7. The van der Waals surface area contributed by atoms with Crippen LogP contribution in [0.3, 0.4) is 0 Å². The second-order valence-corrected chi connectivity index (χ2v) is 8.58. The summed E-state index contributed by atoms with van der Waals surface area (Å²) in [7, 11) is 4.08. The first-order chi connectivity index (χ1) is 11.8. The molecule has 0 spiro atoms. The second kappa shape index (κ2) is 7.25. The molecule has 1 saturated heterocycles. The van der Waals surface area contributed by atoms with Crippen LogP contribution in [0.1, 0.15) is 38.7 Å². The number of pyridine rings is 1. The molecule has 2 aromatic heterocycles. The highest BCUT2D eigenvalue weighted by Crippen LogP contribution is 2.28. The van der Waals surface area contributed by atoms with E-state index >= 15 is 0 Å². The second-order valence-electron chi connectivity index (χ2n) is 7.85. The van der Waals surface area contributed by atoms with E-state index in [1.54, 1.807) is 0 Å². The highest BCUT2D eigenvalue weighted by Gasteiger charge is 2.28. The van der Waals surface area contributed by atoms with Crippen LogP contribution >= 0.6 is 11.5 Å². The van der Waals surface area contributed by atoms with Crippen molar-refractivity contribution in [1.29, 1.82) is 0 Å². The summed E-state index contributed by atoms with van der Waals surface area (Å²) in [6.45, 7) is 9.05. The number of hydrogen-bond donors (Lipinski definition) is 0. The number of anilines is 1. The molecule has 1 atom stereocenters. The zero-order chi connectivity index (χ0) is 18.0. The van der Waals surface area contributed by atoms with E-state index in [1.807, 2.05) is 32.4 Å². The first kappa shape index (κ1) is 18.1. The Morgan fingerprint density at radius 1 is 1.36 bits per heavy atom. The minimum atomic E-state index is -0.00967. The molecule has 0 amide bonds. The summed E-state index contributed by atoms with van der Waals surface area (Å²) in [4.78, 5) is 13.5. The standard InChI is InChI=1S/C18H27N5OS/c1-18(2,3)16-20-17(25-21-16)23-9-7-15(12-23)24-14-6-8-19-13(10-14)11-22(4)5/h6,8,10,15H,7,9,11-12H2,1-5H3. The molecule has 0 N–H and O–H groups in total. The van der Waals surface area contributed by atoms with Crippen LogP contribution in [0.15, 0.2) is 18.3 Å². The molecule has 2 aromatic rings. The molecule has 0 aliphatic carbocycles. The van der Waals surface area contributed by atoms with Crippen molar-refractivity contribution in [2.75, 3.05) is 32.1 Å². The molecule has 0 saturated carbocycles. The van der Waals surface area contributed by atoms with Crippen molar-refractivity contribution >= 4 is 16.7 Å². The van der Waals surface area contributed by atoms with Gasteiger partial charge < -0.3 is 14.5 Å². The number of rotatable bonds is 5. The first-order valence-corrected chi connectivity index (χ1v) is 9.44. The summed E-state index contributed by atoms with van der Waals surface area (Å²) < 4.78 is 10.7. The maximum absolute atomic E-state index is 6.18. The molecular formula is C18H27N5OS. The average molecular weight is 362 g/mol. The lowest BCUT2D eigenvalue weighted by molar-refractivity contribution is 0.224. The van der Waals surface area contributed by atoms with Crippen molar-refractivity contribution in [3.8, 4) is 5.75 Å². The van der Waals surface area contributed by atoms with Gasteiger partial charge in [-0.15, -0.1) is 0 Å². The van der Waals surface area contributed by atoms with E-state index in [9.17, 15) is 0 Å². The molecule has 1 aliphatic heterocycles. The minimum absolute atomic E-state index is 0.00967. The van der Waals surface area contributed by atoms with Crippen molar-refractivity contribution in [3.05, 3.63) is 29.8 Å². The van der Waals surface area contributed by atoms with Gasteiger partial charge >= 0.3 is 0 Å². The van der Waals surface area contributed by atoms with Gasteiger partial charge in [0.2, 0.25) is 5.13 Å². The number of aromatic nitrogens is 3. The highest BCUT2D eigenvalue weighted by molar-refractivity contribution is 7.09. The SMILES string of the molecule is CN(C)Cc1cc(OC2CCN(c3nc(C(C)(C)C)ns3)C2)ccn1. The summed E-state index contributed by atoms with van der Waals surface area (Å²) in [5.74, 6) is 1.81. The quantitative estimate of drug-likeness (QED) is 0.816. The Balaban J connectivity index is 1.61. The third kappa shape index (κ3) is 4.67. The smallest absolute Gasteiger partial charge is 0.205 e. The molecule has 1 fully saturated rings. The Morgan fingerprint density at radius 3 is 2.84 bits per heavy atom. The molecule has 25 heavy (non-hydrogen) atoms. The summed E-state index contributed by atoms with van der Waals surface area (Å²) in [5, 5.41) is 0.999. The van der Waals surface area contributed by atoms with Gasteiger partial charge in [-0.25, -0.2) is 4.98 Å². The van der Waals surface area contributed by atoms with Crippen LogP contribution in [0, 0.1) is 0 Å². The zero-order valence-corrected chi connectivity index (χ0v) is 16.5. The van der Waals surface area contributed by atoms with Gasteiger partial charge in [-0.2, -0.15) is 4.37 Å². The fourth-order valence-corrected chi connectivity index (χ4v) is 3.67. The summed E-state index contributed by atoms with van der Waals surface area (Å²) in [6.07, 6.45) is 2.99. The van der Waals surface area contributed by atoms with Crippen LogP contribution in [-0.2, 0) is 12.0 Å². The predicted molar refractivity (Wildman–Crippen MR) is 101 cm³/mol. The van der Waals surface area contributed by atoms with Crippen molar-refractivity contribution in [2.24, 2.45) is 0 Å². The minimum Gasteiger partial charge on any atom is -0.488 e. The van der Waals surface area contributed by atoms with E-state index in [0.717, 1.165) is 48.5 Å². The molecule has 3 rings (SSSR count). The van der Waals surface area contributed by atoms with Crippen LogP contribution in [0.2, 0.25) is 0 Å². The van der Waals surface area contributed by atoms with Gasteiger partial charge in [0, 0.05) is 48.7 Å². The average Bonchev–Trinajstić information content (AvgIpc) is 3.14. The summed E-state index contributed by atoms with van der Waals surface area (Å²) in [5.41, 5.74) is 1.01. The van der Waals surface area contributed by atoms with Gasteiger partial charge in [0.1, 0.15) is 17.7 Å². The maximum Gasteiger partial charge on any atom is 0.205 e. The Labute approximate surface area is 154 Å².